The Labute approximate surface area is 112 Å². The predicted molar refractivity (Wildman–Crippen MR) is 69.4 cm³/mol. The van der Waals surface area contributed by atoms with Crippen molar-refractivity contribution in [1.29, 1.82) is 0 Å². The summed E-state index contributed by atoms with van der Waals surface area (Å²) in [6.07, 6.45) is -0.122. The third kappa shape index (κ3) is 7.38. The van der Waals surface area contributed by atoms with E-state index >= 15 is 0 Å². The van der Waals surface area contributed by atoms with Crippen LogP contribution in [-0.4, -0.2) is 35.5 Å². The van der Waals surface area contributed by atoms with Crippen LogP contribution in [0.25, 0.3) is 0 Å². The molecule has 0 radical (unpaired) electrons. The van der Waals surface area contributed by atoms with Crippen LogP contribution < -0.4 is 5.32 Å². The second-order valence-electron chi connectivity index (χ2n) is 5.73. The molecule has 0 unspecified atom stereocenters. The highest BCUT2D eigenvalue weighted by Gasteiger charge is 2.31. The summed E-state index contributed by atoms with van der Waals surface area (Å²) < 4.78 is 5.04. The molecule has 0 saturated carbocycles. The van der Waals surface area contributed by atoms with Crippen LogP contribution in [0.3, 0.4) is 0 Å². The van der Waals surface area contributed by atoms with Crippen molar-refractivity contribution in [3.05, 3.63) is 10.1 Å². The Morgan fingerprint density at radius 3 is 2.26 bits per heavy atom. The van der Waals surface area contributed by atoms with Gasteiger partial charge in [-0.15, -0.1) is 0 Å². The van der Waals surface area contributed by atoms with Crippen molar-refractivity contribution in [3.63, 3.8) is 0 Å². The first-order valence-electron chi connectivity index (χ1n) is 6.13. The van der Waals surface area contributed by atoms with E-state index in [0.717, 1.165) is 0 Å². The van der Waals surface area contributed by atoms with Crippen LogP contribution >= 0.6 is 0 Å². The zero-order chi connectivity index (χ0) is 15.2. The Balaban J connectivity index is 4.81. The lowest BCUT2D eigenvalue weighted by molar-refractivity contribution is -0.484. The number of hydrogen-bond donors (Lipinski definition) is 1. The molecule has 1 amide bonds. The first-order chi connectivity index (χ1) is 8.56. The SMILES string of the molecule is CC(C)[C@@H](C=O)[C@@H](C[N+](=O)[O-])NC(=O)OC(C)(C)C. The molecule has 0 bridgehead atoms. The van der Waals surface area contributed by atoms with E-state index in [1.807, 2.05) is 0 Å². The Kier molecular flexibility index (Phi) is 6.44. The molecule has 0 spiro atoms. The summed E-state index contributed by atoms with van der Waals surface area (Å²) in [6.45, 7) is 8.09. The Morgan fingerprint density at radius 2 is 1.95 bits per heavy atom. The second-order valence-corrected chi connectivity index (χ2v) is 5.73. The van der Waals surface area contributed by atoms with E-state index in [2.05, 4.69) is 5.32 Å². The van der Waals surface area contributed by atoms with Crippen LogP contribution in [0.4, 0.5) is 4.79 Å². The van der Waals surface area contributed by atoms with E-state index in [-0.39, 0.29) is 5.92 Å². The first kappa shape index (κ1) is 17.3. The fourth-order valence-corrected chi connectivity index (χ4v) is 1.60. The van der Waals surface area contributed by atoms with Gasteiger partial charge in [-0.3, -0.25) is 10.1 Å². The zero-order valence-corrected chi connectivity index (χ0v) is 12.0. The van der Waals surface area contributed by atoms with Crippen molar-refractivity contribution in [1.82, 2.24) is 5.32 Å². The Hall–Kier alpha value is -1.66. The lowest BCUT2D eigenvalue weighted by atomic mass is 9.90. The minimum Gasteiger partial charge on any atom is -0.444 e. The topological polar surface area (TPSA) is 98.5 Å². The minimum atomic E-state index is -0.873. The minimum absolute atomic E-state index is 0.114. The summed E-state index contributed by atoms with van der Waals surface area (Å²) in [7, 11) is 0. The number of nitro groups is 1. The number of alkyl carbamates (subject to hydrolysis) is 1. The lowest BCUT2D eigenvalue weighted by Crippen LogP contribution is -2.48. The van der Waals surface area contributed by atoms with E-state index in [1.165, 1.54) is 0 Å². The number of carbonyl (C=O) groups is 2. The third-order valence-electron chi connectivity index (χ3n) is 2.44. The molecule has 2 atom stereocenters. The maximum atomic E-state index is 11.6. The summed E-state index contributed by atoms with van der Waals surface area (Å²) in [5.41, 5.74) is -0.697. The predicted octanol–water partition coefficient (Wildman–Crippen LogP) is 1.63. The highest BCUT2D eigenvalue weighted by atomic mass is 16.6. The number of nitrogens with zero attached hydrogens (tertiary/aromatic N) is 1. The number of nitrogens with one attached hydrogen (secondary N) is 1. The number of aldehydes is 1. The average molecular weight is 274 g/mol. The van der Waals surface area contributed by atoms with Gasteiger partial charge >= 0.3 is 6.09 Å². The van der Waals surface area contributed by atoms with Gasteiger partial charge in [0.25, 0.3) is 0 Å². The smallest absolute Gasteiger partial charge is 0.408 e. The van der Waals surface area contributed by atoms with Gasteiger partial charge in [0.1, 0.15) is 17.9 Å². The molecule has 7 nitrogen and oxygen atoms in total. The Morgan fingerprint density at radius 1 is 1.42 bits per heavy atom. The lowest BCUT2D eigenvalue weighted by Gasteiger charge is -2.26. The number of rotatable bonds is 6. The third-order valence-corrected chi connectivity index (χ3v) is 2.44. The van der Waals surface area contributed by atoms with Gasteiger partial charge in [-0.2, -0.15) is 0 Å². The zero-order valence-electron chi connectivity index (χ0n) is 12.0. The highest BCUT2D eigenvalue weighted by molar-refractivity contribution is 5.69. The molecule has 0 aliphatic carbocycles. The maximum Gasteiger partial charge on any atom is 0.408 e. The largest absolute Gasteiger partial charge is 0.444 e. The van der Waals surface area contributed by atoms with E-state index in [1.54, 1.807) is 34.6 Å². The molecule has 110 valence electrons. The Bertz CT molecular complexity index is 336. The molecule has 7 heteroatoms. The molecular weight excluding hydrogens is 252 g/mol. The van der Waals surface area contributed by atoms with E-state index in [4.69, 9.17) is 4.74 Å². The molecule has 0 saturated heterocycles. The molecular formula is C12H22N2O5. The van der Waals surface area contributed by atoms with E-state index in [0.29, 0.717) is 6.29 Å². The molecule has 19 heavy (non-hydrogen) atoms. The molecule has 0 aliphatic heterocycles. The monoisotopic (exact) mass is 274 g/mol. The van der Waals surface area contributed by atoms with Gasteiger partial charge in [0, 0.05) is 10.8 Å². The summed E-state index contributed by atoms with van der Waals surface area (Å²) in [5, 5.41) is 13.0. The van der Waals surface area contributed by atoms with Crippen molar-refractivity contribution in [2.24, 2.45) is 11.8 Å². The number of ether oxygens (including phenoxy) is 1. The van der Waals surface area contributed by atoms with Crippen molar-refractivity contribution in [2.45, 2.75) is 46.3 Å². The van der Waals surface area contributed by atoms with Gasteiger partial charge in [0.15, 0.2) is 0 Å². The fraction of sp³-hybridized carbons (Fsp3) is 0.833. The van der Waals surface area contributed by atoms with Crippen molar-refractivity contribution >= 4 is 12.4 Å². The van der Waals surface area contributed by atoms with E-state index < -0.39 is 35.1 Å². The number of amides is 1. The van der Waals surface area contributed by atoms with Crippen LogP contribution in [0, 0.1) is 22.0 Å². The molecule has 0 aromatic heterocycles. The van der Waals surface area contributed by atoms with Crippen LogP contribution in [0.15, 0.2) is 0 Å². The molecule has 0 aliphatic rings. The van der Waals surface area contributed by atoms with Gasteiger partial charge < -0.3 is 14.8 Å². The quantitative estimate of drug-likeness (QED) is 0.451. The summed E-state index contributed by atoms with van der Waals surface area (Å²) >= 11 is 0. The van der Waals surface area contributed by atoms with Crippen molar-refractivity contribution in [3.8, 4) is 0 Å². The summed E-state index contributed by atoms with van der Waals surface area (Å²) in [4.78, 5) is 32.7. The fourth-order valence-electron chi connectivity index (χ4n) is 1.60. The summed E-state index contributed by atoms with van der Waals surface area (Å²) in [6, 6.07) is -0.873. The van der Waals surface area contributed by atoms with Crippen molar-refractivity contribution < 1.29 is 19.2 Å². The van der Waals surface area contributed by atoms with Gasteiger partial charge in [-0.05, 0) is 26.7 Å². The number of carbonyl (C=O) groups excluding carboxylic acids is 2. The van der Waals surface area contributed by atoms with Crippen LogP contribution in [0.5, 0.6) is 0 Å². The second kappa shape index (κ2) is 7.06. The maximum absolute atomic E-state index is 11.6. The van der Waals surface area contributed by atoms with Gasteiger partial charge in [-0.1, -0.05) is 13.8 Å². The highest BCUT2D eigenvalue weighted by Crippen LogP contribution is 2.14. The van der Waals surface area contributed by atoms with Gasteiger partial charge in [0.05, 0.1) is 0 Å². The normalized spacial score (nSPS) is 14.6. The molecule has 0 aromatic rings. The average Bonchev–Trinajstić information content (AvgIpc) is 2.12. The molecule has 0 heterocycles. The van der Waals surface area contributed by atoms with Crippen LogP contribution in [0.2, 0.25) is 0 Å². The van der Waals surface area contributed by atoms with Crippen molar-refractivity contribution in [2.75, 3.05) is 6.54 Å². The van der Waals surface area contributed by atoms with Crippen LogP contribution in [0.1, 0.15) is 34.6 Å². The molecule has 1 N–H and O–H groups in total. The standard InChI is InChI=1S/C12H22N2O5/c1-8(2)9(7-15)10(6-14(17)18)13-11(16)19-12(3,4)5/h7-10H,6H2,1-5H3,(H,13,16)/t9-,10-/m1/s1. The molecule has 0 aromatic carbocycles. The molecule has 0 fully saturated rings. The van der Waals surface area contributed by atoms with Gasteiger partial charge in [0.2, 0.25) is 6.54 Å². The summed E-state index contributed by atoms with van der Waals surface area (Å²) in [5.74, 6) is -0.740. The number of hydrogen-bond acceptors (Lipinski definition) is 5. The van der Waals surface area contributed by atoms with Crippen LogP contribution in [-0.2, 0) is 9.53 Å². The van der Waals surface area contributed by atoms with Gasteiger partial charge in [-0.25, -0.2) is 4.79 Å². The molecule has 0 rings (SSSR count). The van der Waals surface area contributed by atoms with E-state index in [9.17, 15) is 19.7 Å². The first-order valence-corrected chi connectivity index (χ1v) is 6.13.